The lowest BCUT2D eigenvalue weighted by Gasteiger charge is -2.24. The Morgan fingerprint density at radius 2 is 1.85 bits per heavy atom. The zero-order valence-electron chi connectivity index (χ0n) is 14.6. The summed E-state index contributed by atoms with van der Waals surface area (Å²) < 4.78 is 37.6. The molecule has 0 saturated carbocycles. The highest BCUT2D eigenvalue weighted by atomic mass is 35.5. The van der Waals surface area contributed by atoms with Crippen LogP contribution in [0.2, 0.25) is 5.02 Å². The average molecular weight is 413 g/mol. The van der Waals surface area contributed by atoms with Crippen LogP contribution in [0.15, 0.2) is 53.9 Å². The van der Waals surface area contributed by atoms with Crippen LogP contribution in [-0.4, -0.2) is 34.1 Å². The van der Waals surface area contributed by atoms with Crippen LogP contribution in [-0.2, 0) is 10.0 Å². The molecule has 0 aliphatic rings. The molecule has 0 heterocycles. The molecule has 2 aromatic carbocycles. The van der Waals surface area contributed by atoms with E-state index in [2.05, 4.69) is 6.58 Å². The molecule has 144 valence electrons. The largest absolute Gasteiger partial charge is 0.493 e. The van der Waals surface area contributed by atoms with Crippen LogP contribution in [0.3, 0.4) is 0 Å². The molecule has 0 fully saturated rings. The number of rotatable bonds is 8. The van der Waals surface area contributed by atoms with Crippen molar-refractivity contribution in [1.29, 1.82) is 0 Å². The van der Waals surface area contributed by atoms with Gasteiger partial charge in [0.25, 0.3) is 15.7 Å². The maximum atomic E-state index is 13.2. The van der Waals surface area contributed by atoms with Gasteiger partial charge in [0.2, 0.25) is 0 Å². The highest BCUT2D eigenvalue weighted by Crippen LogP contribution is 2.36. The molecular formula is C17H17ClN2O6S. The van der Waals surface area contributed by atoms with Crippen molar-refractivity contribution in [3.63, 3.8) is 0 Å². The van der Waals surface area contributed by atoms with Gasteiger partial charge in [-0.15, -0.1) is 6.58 Å². The van der Waals surface area contributed by atoms with Gasteiger partial charge >= 0.3 is 0 Å². The first kappa shape index (κ1) is 20.5. The Bertz CT molecular complexity index is 977. The monoisotopic (exact) mass is 412 g/mol. The number of halogens is 1. The van der Waals surface area contributed by atoms with E-state index in [1.165, 1.54) is 50.6 Å². The van der Waals surface area contributed by atoms with Crippen molar-refractivity contribution in [3.05, 3.63) is 64.2 Å². The second kappa shape index (κ2) is 8.28. The molecule has 0 aliphatic heterocycles. The quantitative estimate of drug-likeness (QED) is 0.373. The van der Waals surface area contributed by atoms with Crippen molar-refractivity contribution in [1.82, 2.24) is 0 Å². The minimum atomic E-state index is -4.12. The molecule has 0 unspecified atom stereocenters. The zero-order chi connectivity index (χ0) is 20.2. The molecule has 10 heteroatoms. The Kier molecular flexibility index (Phi) is 6.29. The molecule has 0 aliphatic carbocycles. The molecule has 27 heavy (non-hydrogen) atoms. The molecule has 8 nitrogen and oxygen atoms in total. The number of nitro benzene ring substituents is 1. The number of hydrogen-bond donors (Lipinski definition) is 0. The Morgan fingerprint density at radius 1 is 1.19 bits per heavy atom. The number of nitrogens with zero attached hydrogens (tertiary/aromatic N) is 2. The summed E-state index contributed by atoms with van der Waals surface area (Å²) in [4.78, 5) is 10.3. The van der Waals surface area contributed by atoms with Gasteiger partial charge in [-0.1, -0.05) is 17.7 Å². The predicted octanol–water partition coefficient (Wildman–Crippen LogP) is 3.65. The average Bonchev–Trinajstić information content (AvgIpc) is 2.65. The van der Waals surface area contributed by atoms with E-state index in [-0.39, 0.29) is 33.6 Å². The Hall–Kier alpha value is -2.78. The van der Waals surface area contributed by atoms with E-state index < -0.39 is 14.9 Å². The van der Waals surface area contributed by atoms with E-state index in [0.717, 1.165) is 10.4 Å². The minimum Gasteiger partial charge on any atom is -0.493 e. The summed E-state index contributed by atoms with van der Waals surface area (Å²) in [5.41, 5.74) is -0.313. The summed E-state index contributed by atoms with van der Waals surface area (Å²) in [6.07, 6.45) is 1.35. The number of non-ortho nitro benzene ring substituents is 1. The van der Waals surface area contributed by atoms with Crippen molar-refractivity contribution in [2.75, 3.05) is 25.1 Å². The van der Waals surface area contributed by atoms with Crippen LogP contribution in [0.4, 0.5) is 11.4 Å². The number of anilines is 1. The second-order valence-electron chi connectivity index (χ2n) is 5.23. The van der Waals surface area contributed by atoms with Crippen LogP contribution in [0.1, 0.15) is 0 Å². The van der Waals surface area contributed by atoms with Gasteiger partial charge < -0.3 is 9.47 Å². The number of nitro groups is 1. The molecule has 2 rings (SSSR count). The SMILES string of the molecule is C=CCN(c1cc([N+](=O)[O-])ccc1Cl)S(=O)(=O)c1ccc(OC)c(OC)c1. The van der Waals surface area contributed by atoms with E-state index in [1.807, 2.05) is 0 Å². The van der Waals surface area contributed by atoms with E-state index in [9.17, 15) is 18.5 Å². The molecular weight excluding hydrogens is 396 g/mol. The molecule has 0 saturated heterocycles. The third kappa shape index (κ3) is 4.15. The third-order valence-electron chi connectivity index (χ3n) is 3.65. The topological polar surface area (TPSA) is 99.0 Å². The fraction of sp³-hybridized carbons (Fsp3) is 0.176. The van der Waals surface area contributed by atoms with Crippen molar-refractivity contribution >= 4 is 33.0 Å². The van der Waals surface area contributed by atoms with Crippen molar-refractivity contribution in [2.24, 2.45) is 0 Å². The van der Waals surface area contributed by atoms with Gasteiger partial charge in [-0.3, -0.25) is 14.4 Å². The highest BCUT2D eigenvalue weighted by Gasteiger charge is 2.28. The summed E-state index contributed by atoms with van der Waals surface area (Å²) >= 11 is 6.12. The summed E-state index contributed by atoms with van der Waals surface area (Å²) in [6, 6.07) is 7.67. The maximum Gasteiger partial charge on any atom is 0.271 e. The van der Waals surface area contributed by atoms with Gasteiger partial charge in [0.1, 0.15) is 0 Å². The fourth-order valence-corrected chi connectivity index (χ4v) is 4.08. The normalized spacial score (nSPS) is 10.9. The van der Waals surface area contributed by atoms with Crippen molar-refractivity contribution in [3.8, 4) is 11.5 Å². The number of benzene rings is 2. The van der Waals surface area contributed by atoms with Crippen LogP contribution in [0.5, 0.6) is 11.5 Å². The van der Waals surface area contributed by atoms with E-state index in [4.69, 9.17) is 21.1 Å². The minimum absolute atomic E-state index is 0.0273. The predicted molar refractivity (Wildman–Crippen MR) is 102 cm³/mol. The number of ether oxygens (including phenoxy) is 2. The van der Waals surface area contributed by atoms with E-state index >= 15 is 0 Å². The number of methoxy groups -OCH3 is 2. The van der Waals surface area contributed by atoms with Gasteiger partial charge in [0.15, 0.2) is 11.5 Å². The standard InChI is InChI=1S/C17H17ClN2O6S/c1-4-9-19(15-10-12(20(21)22)5-7-14(15)18)27(23,24)13-6-8-16(25-2)17(11-13)26-3/h4-8,10-11H,1,9H2,2-3H3. The van der Waals surface area contributed by atoms with Crippen LogP contribution in [0.25, 0.3) is 0 Å². The number of hydrogen-bond acceptors (Lipinski definition) is 6. The lowest BCUT2D eigenvalue weighted by atomic mass is 10.3. The zero-order valence-corrected chi connectivity index (χ0v) is 16.2. The van der Waals surface area contributed by atoms with Crippen LogP contribution < -0.4 is 13.8 Å². The highest BCUT2D eigenvalue weighted by molar-refractivity contribution is 7.92. The molecule has 0 spiro atoms. The summed E-state index contributed by atoms with van der Waals surface area (Å²) in [5, 5.41) is 11.1. The van der Waals surface area contributed by atoms with Gasteiger partial charge in [0.05, 0.1) is 41.3 Å². The number of sulfonamides is 1. The summed E-state index contributed by atoms with van der Waals surface area (Å²) in [6.45, 7) is 3.41. The fourth-order valence-electron chi connectivity index (χ4n) is 2.35. The van der Waals surface area contributed by atoms with E-state index in [1.54, 1.807) is 0 Å². The van der Waals surface area contributed by atoms with Crippen LogP contribution in [0, 0.1) is 10.1 Å². The third-order valence-corrected chi connectivity index (χ3v) is 5.74. The Labute approximate surface area is 161 Å². The Morgan fingerprint density at radius 3 is 2.41 bits per heavy atom. The molecule has 0 amide bonds. The first-order valence-corrected chi connectivity index (χ1v) is 9.37. The van der Waals surface area contributed by atoms with E-state index in [0.29, 0.717) is 5.75 Å². The van der Waals surface area contributed by atoms with Crippen LogP contribution >= 0.6 is 11.6 Å². The molecule has 0 bridgehead atoms. The molecule has 0 atom stereocenters. The van der Waals surface area contributed by atoms with Gasteiger partial charge in [-0.25, -0.2) is 8.42 Å². The van der Waals surface area contributed by atoms with Gasteiger partial charge in [-0.2, -0.15) is 0 Å². The lowest BCUT2D eigenvalue weighted by molar-refractivity contribution is -0.384. The first-order valence-electron chi connectivity index (χ1n) is 7.55. The maximum absolute atomic E-state index is 13.2. The smallest absolute Gasteiger partial charge is 0.271 e. The lowest BCUT2D eigenvalue weighted by Crippen LogP contribution is -2.31. The molecule has 2 aromatic rings. The van der Waals surface area contributed by atoms with Crippen molar-refractivity contribution < 1.29 is 22.8 Å². The molecule has 0 radical (unpaired) electrons. The molecule has 0 N–H and O–H groups in total. The summed E-state index contributed by atoms with van der Waals surface area (Å²) in [7, 11) is -1.31. The Balaban J connectivity index is 2.64. The first-order chi connectivity index (χ1) is 12.8. The van der Waals surface area contributed by atoms with Gasteiger partial charge in [-0.05, 0) is 18.2 Å². The summed E-state index contributed by atoms with van der Waals surface area (Å²) in [5.74, 6) is 0.586. The van der Waals surface area contributed by atoms with Crippen molar-refractivity contribution in [2.45, 2.75) is 4.90 Å². The van der Waals surface area contributed by atoms with Gasteiger partial charge in [0, 0.05) is 18.2 Å². The second-order valence-corrected chi connectivity index (χ2v) is 7.50. The molecule has 0 aromatic heterocycles.